The zero-order chi connectivity index (χ0) is 14.8. The van der Waals surface area contributed by atoms with E-state index in [1.165, 1.54) is 51.4 Å². The molecule has 2 unspecified atom stereocenters. The van der Waals surface area contributed by atoms with Gasteiger partial charge >= 0.3 is 0 Å². The van der Waals surface area contributed by atoms with Gasteiger partial charge in [0.05, 0.1) is 0 Å². The molecule has 0 bridgehead atoms. The van der Waals surface area contributed by atoms with E-state index in [1.54, 1.807) is 0 Å². The van der Waals surface area contributed by atoms with Crippen LogP contribution in [0, 0.1) is 23.7 Å². The lowest BCUT2D eigenvalue weighted by Crippen LogP contribution is -2.26. The van der Waals surface area contributed by atoms with E-state index in [0.717, 1.165) is 49.9 Å². The van der Waals surface area contributed by atoms with Crippen molar-refractivity contribution >= 4 is 0 Å². The Morgan fingerprint density at radius 3 is 1.15 bits per heavy atom. The van der Waals surface area contributed by atoms with Crippen molar-refractivity contribution in [1.29, 1.82) is 0 Å². The average Bonchev–Trinajstić information content (AvgIpc) is 2.55. The molecule has 0 aromatic heterocycles. The first-order valence-corrected chi connectivity index (χ1v) is 8.53. The van der Waals surface area contributed by atoms with Crippen molar-refractivity contribution in [3.8, 4) is 0 Å². The van der Waals surface area contributed by atoms with E-state index in [2.05, 4.69) is 0 Å². The fourth-order valence-electron chi connectivity index (χ4n) is 3.53. The monoisotopic (exact) mass is 284 g/mol. The van der Waals surface area contributed by atoms with Crippen molar-refractivity contribution < 1.29 is 0 Å². The molecule has 2 atom stereocenters. The molecule has 0 amide bonds. The Kier molecular flexibility index (Phi) is 9.44. The van der Waals surface area contributed by atoms with Crippen LogP contribution in [0.15, 0.2) is 0 Å². The Hall–Kier alpha value is -0.160. The lowest BCUT2D eigenvalue weighted by Gasteiger charge is -2.26. The second-order valence-electron chi connectivity index (χ2n) is 6.73. The van der Waals surface area contributed by atoms with Gasteiger partial charge in [0, 0.05) is 0 Å². The number of nitrogens with two attached hydrogens (primary N) is 4. The molecule has 2 fully saturated rings. The first-order valence-electron chi connectivity index (χ1n) is 8.53. The molecule has 0 radical (unpaired) electrons. The van der Waals surface area contributed by atoms with Crippen LogP contribution < -0.4 is 22.9 Å². The molecule has 120 valence electrons. The second-order valence-corrected chi connectivity index (χ2v) is 6.73. The van der Waals surface area contributed by atoms with Crippen molar-refractivity contribution in [3.05, 3.63) is 0 Å². The van der Waals surface area contributed by atoms with E-state index >= 15 is 0 Å². The van der Waals surface area contributed by atoms with Gasteiger partial charge in [-0.2, -0.15) is 0 Å². The highest BCUT2D eigenvalue weighted by Gasteiger charge is 2.19. The number of hydrogen-bond donors (Lipinski definition) is 4. The Balaban J connectivity index is 0.000000200. The van der Waals surface area contributed by atoms with Gasteiger partial charge in [0.15, 0.2) is 0 Å². The van der Waals surface area contributed by atoms with Crippen LogP contribution in [0.3, 0.4) is 0 Å². The molecule has 2 rings (SSSR count). The highest BCUT2D eigenvalue weighted by molar-refractivity contribution is 4.74. The van der Waals surface area contributed by atoms with Crippen molar-refractivity contribution in [2.75, 3.05) is 26.2 Å². The van der Waals surface area contributed by atoms with Crippen LogP contribution in [-0.4, -0.2) is 26.2 Å². The molecule has 0 aromatic carbocycles. The average molecular weight is 284 g/mol. The zero-order valence-corrected chi connectivity index (χ0v) is 13.1. The van der Waals surface area contributed by atoms with Gasteiger partial charge in [-0.3, -0.25) is 0 Å². The maximum absolute atomic E-state index is 5.58. The van der Waals surface area contributed by atoms with Crippen LogP contribution >= 0.6 is 0 Å². The highest BCUT2D eigenvalue weighted by Crippen LogP contribution is 2.27. The summed E-state index contributed by atoms with van der Waals surface area (Å²) in [6, 6.07) is 0. The SMILES string of the molecule is NCC1CCC(CN)CC1.NCC1CCCC(CN)C1. The lowest BCUT2D eigenvalue weighted by atomic mass is 9.81. The molecular weight excluding hydrogens is 248 g/mol. The summed E-state index contributed by atoms with van der Waals surface area (Å²) >= 11 is 0. The Morgan fingerprint density at radius 2 is 0.850 bits per heavy atom. The van der Waals surface area contributed by atoms with Gasteiger partial charge in [-0.15, -0.1) is 0 Å². The predicted molar refractivity (Wildman–Crippen MR) is 87.1 cm³/mol. The molecule has 0 saturated heterocycles. The molecule has 2 aliphatic carbocycles. The fourth-order valence-corrected chi connectivity index (χ4v) is 3.53. The standard InChI is InChI=1S/2C8H18N2/c9-5-7-1-2-8(6-10)4-3-7;9-5-7-2-1-3-8(4-7)6-10/h2*7-8H,1-6,9-10H2. The van der Waals surface area contributed by atoms with Crippen LogP contribution in [0.25, 0.3) is 0 Å². The molecular formula is C16H36N4. The summed E-state index contributed by atoms with van der Waals surface area (Å²) < 4.78 is 0. The van der Waals surface area contributed by atoms with Crippen molar-refractivity contribution in [3.63, 3.8) is 0 Å². The third-order valence-electron chi connectivity index (χ3n) is 5.19. The third-order valence-corrected chi connectivity index (χ3v) is 5.19. The van der Waals surface area contributed by atoms with Gasteiger partial charge < -0.3 is 22.9 Å². The molecule has 4 heteroatoms. The van der Waals surface area contributed by atoms with Gasteiger partial charge in [0.2, 0.25) is 0 Å². The Morgan fingerprint density at radius 1 is 0.500 bits per heavy atom. The summed E-state index contributed by atoms with van der Waals surface area (Å²) in [5.74, 6) is 3.12. The van der Waals surface area contributed by atoms with E-state index in [1.807, 2.05) is 0 Å². The summed E-state index contributed by atoms with van der Waals surface area (Å²) in [6.07, 6.45) is 10.5. The molecule has 2 aliphatic rings. The van der Waals surface area contributed by atoms with Crippen LogP contribution in [0.2, 0.25) is 0 Å². The van der Waals surface area contributed by atoms with Crippen LogP contribution in [0.5, 0.6) is 0 Å². The molecule has 0 aromatic rings. The Bertz CT molecular complexity index is 205. The van der Waals surface area contributed by atoms with Gasteiger partial charge in [-0.1, -0.05) is 6.42 Å². The summed E-state index contributed by atoms with van der Waals surface area (Å²) in [4.78, 5) is 0. The summed E-state index contributed by atoms with van der Waals surface area (Å²) in [5.41, 5.74) is 22.3. The van der Waals surface area contributed by atoms with E-state index < -0.39 is 0 Å². The first-order chi connectivity index (χ1) is 9.73. The lowest BCUT2D eigenvalue weighted by molar-refractivity contribution is 0.277. The quantitative estimate of drug-likeness (QED) is 0.626. The fraction of sp³-hybridized carbons (Fsp3) is 1.00. The molecule has 8 N–H and O–H groups in total. The largest absolute Gasteiger partial charge is 0.330 e. The van der Waals surface area contributed by atoms with Crippen LogP contribution in [-0.2, 0) is 0 Å². The van der Waals surface area contributed by atoms with Crippen molar-refractivity contribution in [2.45, 2.75) is 51.4 Å². The van der Waals surface area contributed by atoms with Crippen LogP contribution in [0.4, 0.5) is 0 Å². The number of rotatable bonds is 4. The molecule has 4 nitrogen and oxygen atoms in total. The Labute approximate surface area is 125 Å². The van der Waals surface area contributed by atoms with E-state index in [-0.39, 0.29) is 0 Å². The topological polar surface area (TPSA) is 104 Å². The maximum Gasteiger partial charge on any atom is -0.00488 e. The van der Waals surface area contributed by atoms with E-state index in [0.29, 0.717) is 0 Å². The molecule has 20 heavy (non-hydrogen) atoms. The van der Waals surface area contributed by atoms with Gasteiger partial charge in [-0.25, -0.2) is 0 Å². The normalized spacial score (nSPS) is 34.2. The van der Waals surface area contributed by atoms with Crippen LogP contribution in [0.1, 0.15) is 51.4 Å². The maximum atomic E-state index is 5.58. The van der Waals surface area contributed by atoms with E-state index in [4.69, 9.17) is 22.9 Å². The minimum Gasteiger partial charge on any atom is -0.330 e. The highest BCUT2D eigenvalue weighted by atomic mass is 14.6. The summed E-state index contributed by atoms with van der Waals surface area (Å²) in [6.45, 7) is 3.46. The molecule has 2 saturated carbocycles. The van der Waals surface area contributed by atoms with Crippen molar-refractivity contribution in [1.82, 2.24) is 0 Å². The number of hydrogen-bond acceptors (Lipinski definition) is 4. The molecule has 0 heterocycles. The zero-order valence-electron chi connectivity index (χ0n) is 13.1. The van der Waals surface area contributed by atoms with Gasteiger partial charge in [0.25, 0.3) is 0 Å². The first kappa shape index (κ1) is 17.9. The van der Waals surface area contributed by atoms with Crippen molar-refractivity contribution in [2.24, 2.45) is 46.6 Å². The van der Waals surface area contributed by atoms with Gasteiger partial charge in [-0.05, 0) is 94.8 Å². The predicted octanol–water partition coefficient (Wildman–Crippen LogP) is 1.42. The molecule has 0 aliphatic heterocycles. The second kappa shape index (κ2) is 10.6. The smallest absolute Gasteiger partial charge is 0.00488 e. The summed E-state index contributed by atoms with van der Waals surface area (Å²) in [7, 11) is 0. The minimum absolute atomic E-state index is 0.766. The van der Waals surface area contributed by atoms with E-state index in [9.17, 15) is 0 Å². The minimum atomic E-state index is 0.766. The third kappa shape index (κ3) is 6.53. The molecule has 0 spiro atoms. The van der Waals surface area contributed by atoms with Gasteiger partial charge in [0.1, 0.15) is 0 Å². The summed E-state index contributed by atoms with van der Waals surface area (Å²) in [5, 5.41) is 0.